The van der Waals surface area contributed by atoms with Crippen molar-refractivity contribution < 1.29 is 4.74 Å². The average molecular weight is 208 g/mol. The predicted octanol–water partition coefficient (Wildman–Crippen LogP) is 3.47. The number of thioether (sulfide) groups is 1. The first-order chi connectivity index (χ1) is 6.90. The van der Waals surface area contributed by atoms with E-state index in [9.17, 15) is 0 Å². The van der Waals surface area contributed by atoms with Crippen molar-refractivity contribution in [2.45, 2.75) is 24.7 Å². The van der Waals surface area contributed by atoms with E-state index in [4.69, 9.17) is 4.74 Å². The Morgan fingerprint density at radius 1 is 1.36 bits per heavy atom. The van der Waals surface area contributed by atoms with Crippen molar-refractivity contribution >= 4 is 17.4 Å². The molecule has 1 aromatic carbocycles. The Morgan fingerprint density at radius 3 is 3.00 bits per heavy atom. The highest BCUT2D eigenvalue weighted by atomic mass is 32.2. The lowest BCUT2D eigenvalue weighted by Gasteiger charge is -2.08. The van der Waals surface area contributed by atoms with Gasteiger partial charge in [-0.25, -0.2) is 0 Å². The minimum Gasteiger partial charge on any atom is -0.343 e. The molecule has 1 aromatic rings. The monoisotopic (exact) mass is 208 g/mol. The molecule has 0 saturated heterocycles. The summed E-state index contributed by atoms with van der Waals surface area (Å²) in [5, 5.41) is 3.25. The molecule has 75 valence electrons. The fraction of sp³-hybridized carbons (Fsp3) is 0.364. The zero-order valence-electron chi connectivity index (χ0n) is 8.25. The Labute approximate surface area is 89.0 Å². The molecule has 2 nitrogen and oxygen atoms in total. The van der Waals surface area contributed by atoms with Gasteiger partial charge in [0, 0.05) is 4.90 Å². The van der Waals surface area contributed by atoms with Gasteiger partial charge in [-0.05, 0) is 18.6 Å². The Kier molecular flexibility index (Phi) is 3.32. The minimum atomic E-state index is 0.805. The van der Waals surface area contributed by atoms with Crippen molar-refractivity contribution in [3.05, 3.63) is 29.8 Å². The molecule has 0 atom stereocenters. The number of hydrogen-bond acceptors (Lipinski definition) is 3. The van der Waals surface area contributed by atoms with Gasteiger partial charge in [0.1, 0.15) is 0 Å². The van der Waals surface area contributed by atoms with E-state index in [-0.39, 0.29) is 0 Å². The zero-order chi connectivity index (χ0) is 9.80. The van der Waals surface area contributed by atoms with Crippen LogP contribution in [0.2, 0.25) is 0 Å². The number of ether oxygens (including phenoxy) is 1. The molecule has 1 aliphatic rings. The van der Waals surface area contributed by atoms with Gasteiger partial charge in [0.25, 0.3) is 5.56 Å². The van der Waals surface area contributed by atoms with E-state index in [0.29, 0.717) is 0 Å². The fourth-order valence-electron chi connectivity index (χ4n) is 1.27. The van der Waals surface area contributed by atoms with Gasteiger partial charge in [0.15, 0.2) is 0 Å². The van der Waals surface area contributed by atoms with Crippen LogP contribution in [0, 0.1) is 5.56 Å². The summed E-state index contributed by atoms with van der Waals surface area (Å²) < 4.78 is 5.59. The first-order valence-corrected chi connectivity index (χ1v) is 5.75. The highest BCUT2D eigenvalue weighted by molar-refractivity contribution is 8.02. The number of para-hydroxylation sites is 1. The summed E-state index contributed by atoms with van der Waals surface area (Å²) >= 11 is 1.67. The van der Waals surface area contributed by atoms with Crippen molar-refractivity contribution in [2.75, 3.05) is 11.9 Å². The lowest BCUT2D eigenvalue weighted by atomic mass is 10.3. The molecule has 1 aliphatic heterocycles. The van der Waals surface area contributed by atoms with Gasteiger partial charge >= 0.3 is 0 Å². The van der Waals surface area contributed by atoms with Gasteiger partial charge in [-0.3, -0.25) is 0 Å². The van der Waals surface area contributed by atoms with Crippen LogP contribution in [0.25, 0.3) is 0 Å². The summed E-state index contributed by atoms with van der Waals surface area (Å²) in [6.07, 6.45) is 2.28. The van der Waals surface area contributed by atoms with E-state index in [1.54, 1.807) is 11.8 Å². The van der Waals surface area contributed by atoms with Crippen LogP contribution in [0.3, 0.4) is 0 Å². The highest BCUT2D eigenvalue weighted by Gasteiger charge is 2.22. The first-order valence-electron chi connectivity index (χ1n) is 4.94. The predicted molar refractivity (Wildman–Crippen MR) is 60.0 cm³/mol. The molecule has 1 heterocycles. The van der Waals surface area contributed by atoms with Gasteiger partial charge in [0.2, 0.25) is 0 Å². The Bertz CT molecular complexity index is 278. The van der Waals surface area contributed by atoms with Crippen LogP contribution in [0.5, 0.6) is 0 Å². The third-order valence-corrected chi connectivity index (χ3v) is 3.04. The van der Waals surface area contributed by atoms with Crippen molar-refractivity contribution in [3.63, 3.8) is 0 Å². The number of benzene rings is 1. The molecule has 0 aliphatic carbocycles. The van der Waals surface area contributed by atoms with Crippen molar-refractivity contribution in [1.82, 2.24) is 0 Å². The van der Waals surface area contributed by atoms with Gasteiger partial charge in [0.05, 0.1) is 12.3 Å². The van der Waals surface area contributed by atoms with E-state index >= 15 is 0 Å². The van der Waals surface area contributed by atoms with E-state index in [0.717, 1.165) is 24.3 Å². The van der Waals surface area contributed by atoms with E-state index in [1.807, 2.05) is 12.1 Å². The maximum absolute atomic E-state index is 5.59. The van der Waals surface area contributed by atoms with E-state index in [2.05, 4.69) is 24.4 Å². The average Bonchev–Trinajstić information content (AvgIpc) is 2.60. The maximum Gasteiger partial charge on any atom is 0.252 e. The number of hydrogen-bond donors (Lipinski definition) is 1. The van der Waals surface area contributed by atoms with Crippen molar-refractivity contribution in [1.29, 1.82) is 0 Å². The molecule has 0 unspecified atom stereocenters. The van der Waals surface area contributed by atoms with E-state index in [1.165, 1.54) is 11.3 Å². The standard InChI is InChI=1S/C11H14NOS/c1-2-3-8-13-11-12-9-6-4-5-7-10(9)14-11/h4-7,12H,2-3,8H2,1H3. The molecular weight excluding hydrogens is 194 g/mol. The lowest BCUT2D eigenvalue weighted by molar-refractivity contribution is 0.190. The number of unbranched alkanes of at least 4 members (excludes halogenated alkanes) is 1. The SMILES string of the molecule is CCCCO[C]1Nc2ccccc2S1. The molecule has 1 N–H and O–H groups in total. The Hall–Kier alpha value is -0.670. The third-order valence-electron chi connectivity index (χ3n) is 2.06. The zero-order valence-corrected chi connectivity index (χ0v) is 9.06. The van der Waals surface area contributed by atoms with Crippen LogP contribution >= 0.6 is 11.8 Å². The lowest BCUT2D eigenvalue weighted by Crippen LogP contribution is -2.06. The highest BCUT2D eigenvalue weighted by Crippen LogP contribution is 2.42. The molecule has 0 amide bonds. The molecule has 0 fully saturated rings. The molecule has 3 heteroatoms. The second-order valence-corrected chi connectivity index (χ2v) is 4.23. The van der Waals surface area contributed by atoms with Crippen LogP contribution in [0.1, 0.15) is 19.8 Å². The smallest absolute Gasteiger partial charge is 0.252 e. The first kappa shape index (κ1) is 9.87. The summed E-state index contributed by atoms with van der Waals surface area (Å²) in [5.74, 6) is 0. The maximum atomic E-state index is 5.59. The number of anilines is 1. The largest absolute Gasteiger partial charge is 0.343 e. The summed E-state index contributed by atoms with van der Waals surface area (Å²) in [6.45, 7) is 2.97. The third kappa shape index (κ3) is 2.22. The van der Waals surface area contributed by atoms with Crippen molar-refractivity contribution in [3.8, 4) is 0 Å². The van der Waals surface area contributed by atoms with Crippen LogP contribution in [0.4, 0.5) is 5.69 Å². The van der Waals surface area contributed by atoms with E-state index < -0.39 is 0 Å². The normalized spacial score (nSPS) is 15.2. The summed E-state index contributed by atoms with van der Waals surface area (Å²) in [7, 11) is 0. The second-order valence-electron chi connectivity index (χ2n) is 3.21. The van der Waals surface area contributed by atoms with Crippen LogP contribution in [-0.4, -0.2) is 6.61 Å². The molecule has 2 rings (SSSR count). The topological polar surface area (TPSA) is 21.3 Å². The Morgan fingerprint density at radius 2 is 2.21 bits per heavy atom. The summed E-state index contributed by atoms with van der Waals surface area (Å²) in [4.78, 5) is 1.25. The number of rotatable bonds is 4. The molecule has 0 saturated carbocycles. The molecule has 0 aromatic heterocycles. The van der Waals surface area contributed by atoms with Crippen LogP contribution in [-0.2, 0) is 4.74 Å². The minimum absolute atomic E-state index is 0.805. The fourth-order valence-corrected chi connectivity index (χ4v) is 2.15. The second kappa shape index (κ2) is 4.71. The molecule has 1 radical (unpaired) electrons. The Balaban J connectivity index is 1.86. The quantitative estimate of drug-likeness (QED) is 0.765. The summed E-state index contributed by atoms with van der Waals surface area (Å²) in [6, 6.07) is 8.24. The molecular formula is C11H14NOS. The number of nitrogens with one attached hydrogen (secondary N) is 1. The van der Waals surface area contributed by atoms with Gasteiger partial charge in [-0.15, -0.1) is 0 Å². The van der Waals surface area contributed by atoms with Gasteiger partial charge < -0.3 is 10.1 Å². The summed E-state index contributed by atoms with van der Waals surface area (Å²) in [5.41, 5.74) is 2.07. The molecule has 0 bridgehead atoms. The molecule has 14 heavy (non-hydrogen) atoms. The van der Waals surface area contributed by atoms with Crippen LogP contribution < -0.4 is 5.32 Å². The molecule has 0 spiro atoms. The number of fused-ring (bicyclic) bond motifs is 1. The van der Waals surface area contributed by atoms with Crippen molar-refractivity contribution in [2.24, 2.45) is 0 Å². The van der Waals surface area contributed by atoms with Gasteiger partial charge in [-0.2, -0.15) is 0 Å². The van der Waals surface area contributed by atoms with Gasteiger partial charge in [-0.1, -0.05) is 37.2 Å². The van der Waals surface area contributed by atoms with Crippen LogP contribution in [0.15, 0.2) is 29.2 Å².